The molecule has 1 heterocycles. The van der Waals surface area contributed by atoms with Gasteiger partial charge in [0.1, 0.15) is 0 Å². The molecule has 0 atom stereocenters. The molecule has 0 unspecified atom stereocenters. The van der Waals surface area contributed by atoms with E-state index in [0.717, 1.165) is 24.6 Å². The zero-order valence-corrected chi connectivity index (χ0v) is 18.0. The lowest BCUT2D eigenvalue weighted by atomic mass is 10.1. The molecule has 30 heavy (non-hydrogen) atoms. The number of aliphatic imine (C=N–C) groups is 1. The van der Waals surface area contributed by atoms with Crippen LogP contribution in [0.2, 0.25) is 0 Å². The highest BCUT2D eigenvalue weighted by Crippen LogP contribution is 2.28. The molecule has 0 aliphatic carbocycles. The fraction of sp³-hybridized carbons (Fsp3) is 0.222. The Labute approximate surface area is 179 Å². The predicted octanol–water partition coefficient (Wildman–Crippen LogP) is 5.87. The number of anilines is 1. The zero-order chi connectivity index (χ0) is 20.9. The topological polar surface area (TPSA) is 27.6 Å². The third kappa shape index (κ3) is 4.30. The average Bonchev–Trinajstić information content (AvgIpc) is 2.79. The third-order valence-electron chi connectivity index (χ3n) is 5.60. The second kappa shape index (κ2) is 9.00. The first kappa shape index (κ1) is 20.0. The SMILES string of the molecule is CCc1ccc(CN(C2=NCC=C(c3ccccc3)N2)c2c(C)cccc2C)cc1. The lowest BCUT2D eigenvalue weighted by molar-refractivity contribution is 0.934. The predicted molar refractivity (Wildman–Crippen MR) is 128 cm³/mol. The van der Waals surface area contributed by atoms with Gasteiger partial charge in [-0.1, -0.05) is 79.7 Å². The lowest BCUT2D eigenvalue weighted by Crippen LogP contribution is -2.42. The van der Waals surface area contributed by atoms with Crippen molar-refractivity contribution in [3.63, 3.8) is 0 Å². The van der Waals surface area contributed by atoms with Crippen molar-refractivity contribution in [1.82, 2.24) is 5.32 Å². The van der Waals surface area contributed by atoms with Gasteiger partial charge in [0, 0.05) is 11.4 Å². The Balaban J connectivity index is 1.69. The number of guanidine groups is 1. The number of aryl methyl sites for hydroxylation is 3. The van der Waals surface area contributed by atoms with Gasteiger partial charge >= 0.3 is 0 Å². The summed E-state index contributed by atoms with van der Waals surface area (Å²) in [4.78, 5) is 7.17. The van der Waals surface area contributed by atoms with Crippen molar-refractivity contribution >= 4 is 17.3 Å². The Morgan fingerprint density at radius 1 is 0.833 bits per heavy atom. The van der Waals surface area contributed by atoms with Gasteiger partial charge in [-0.2, -0.15) is 0 Å². The number of para-hydroxylation sites is 1. The molecule has 1 aliphatic heterocycles. The molecule has 4 rings (SSSR count). The van der Waals surface area contributed by atoms with Gasteiger partial charge in [0.15, 0.2) is 0 Å². The summed E-state index contributed by atoms with van der Waals surface area (Å²) in [6.07, 6.45) is 3.21. The van der Waals surface area contributed by atoms with Crippen LogP contribution in [0, 0.1) is 13.8 Å². The molecule has 3 heteroatoms. The van der Waals surface area contributed by atoms with E-state index in [4.69, 9.17) is 4.99 Å². The molecule has 3 aromatic carbocycles. The van der Waals surface area contributed by atoms with Gasteiger partial charge in [-0.05, 0) is 54.2 Å². The van der Waals surface area contributed by atoms with Crippen LogP contribution in [0.15, 0.2) is 83.9 Å². The third-order valence-corrected chi connectivity index (χ3v) is 5.60. The molecular weight excluding hydrogens is 366 g/mol. The number of rotatable bonds is 5. The Kier molecular flexibility index (Phi) is 5.99. The quantitative estimate of drug-likeness (QED) is 0.585. The van der Waals surface area contributed by atoms with E-state index >= 15 is 0 Å². The first-order valence-corrected chi connectivity index (χ1v) is 10.6. The van der Waals surface area contributed by atoms with Gasteiger partial charge in [0.25, 0.3) is 0 Å². The van der Waals surface area contributed by atoms with E-state index in [9.17, 15) is 0 Å². The van der Waals surface area contributed by atoms with E-state index in [1.807, 2.05) is 6.07 Å². The monoisotopic (exact) mass is 395 g/mol. The Bertz CT molecular complexity index is 1040. The Morgan fingerprint density at radius 2 is 1.50 bits per heavy atom. The number of hydrogen-bond donors (Lipinski definition) is 1. The molecule has 3 nitrogen and oxygen atoms in total. The smallest absolute Gasteiger partial charge is 0.203 e. The maximum absolute atomic E-state index is 4.85. The summed E-state index contributed by atoms with van der Waals surface area (Å²) >= 11 is 0. The number of nitrogens with zero attached hydrogens (tertiary/aromatic N) is 2. The van der Waals surface area contributed by atoms with Crippen LogP contribution in [-0.4, -0.2) is 12.5 Å². The van der Waals surface area contributed by atoms with Crippen LogP contribution in [0.25, 0.3) is 5.70 Å². The molecule has 152 valence electrons. The van der Waals surface area contributed by atoms with E-state index in [0.29, 0.717) is 6.54 Å². The molecule has 0 saturated carbocycles. The summed E-state index contributed by atoms with van der Waals surface area (Å²) < 4.78 is 0. The largest absolute Gasteiger partial charge is 0.326 e. The molecule has 0 aromatic heterocycles. The lowest BCUT2D eigenvalue weighted by Gasteiger charge is -2.32. The highest BCUT2D eigenvalue weighted by molar-refractivity contribution is 6.02. The van der Waals surface area contributed by atoms with E-state index < -0.39 is 0 Å². The summed E-state index contributed by atoms with van der Waals surface area (Å²) in [7, 11) is 0. The van der Waals surface area contributed by atoms with Gasteiger partial charge in [0.2, 0.25) is 5.96 Å². The summed E-state index contributed by atoms with van der Waals surface area (Å²) in [6.45, 7) is 7.97. The van der Waals surface area contributed by atoms with Crippen molar-refractivity contribution in [3.05, 3.63) is 107 Å². The second-order valence-corrected chi connectivity index (χ2v) is 7.77. The Hall–Kier alpha value is -3.33. The van der Waals surface area contributed by atoms with Crippen molar-refractivity contribution in [3.8, 4) is 0 Å². The molecule has 3 aromatic rings. The van der Waals surface area contributed by atoms with Crippen molar-refractivity contribution < 1.29 is 0 Å². The molecular formula is C27H29N3. The minimum Gasteiger partial charge on any atom is -0.326 e. The van der Waals surface area contributed by atoms with Crippen LogP contribution < -0.4 is 10.2 Å². The molecule has 0 saturated heterocycles. The van der Waals surface area contributed by atoms with Crippen molar-refractivity contribution in [2.24, 2.45) is 4.99 Å². The van der Waals surface area contributed by atoms with Crippen LogP contribution >= 0.6 is 0 Å². The standard InChI is InChI=1S/C27H29N3/c1-4-22-13-15-23(16-14-22)19-30(26-20(2)9-8-10-21(26)3)27-28-18-17-25(29-27)24-11-6-5-7-12-24/h5-17H,4,18-19H2,1-3H3,(H,28,29). The molecule has 0 radical (unpaired) electrons. The van der Waals surface area contributed by atoms with Crippen molar-refractivity contribution in [2.45, 2.75) is 33.7 Å². The van der Waals surface area contributed by atoms with Crippen LogP contribution in [0.3, 0.4) is 0 Å². The molecule has 1 aliphatic rings. The van der Waals surface area contributed by atoms with E-state index in [2.05, 4.69) is 104 Å². The fourth-order valence-corrected chi connectivity index (χ4v) is 3.95. The highest BCUT2D eigenvalue weighted by atomic mass is 15.3. The zero-order valence-electron chi connectivity index (χ0n) is 18.0. The summed E-state index contributed by atoms with van der Waals surface area (Å²) in [5.74, 6) is 0.897. The van der Waals surface area contributed by atoms with E-state index in [1.54, 1.807) is 0 Å². The summed E-state index contributed by atoms with van der Waals surface area (Å²) in [5, 5.41) is 3.60. The fourth-order valence-electron chi connectivity index (χ4n) is 3.95. The normalized spacial score (nSPS) is 13.3. The van der Waals surface area contributed by atoms with Crippen LogP contribution in [0.1, 0.15) is 34.7 Å². The molecule has 0 bridgehead atoms. The number of hydrogen-bond acceptors (Lipinski definition) is 3. The van der Waals surface area contributed by atoms with Crippen molar-refractivity contribution in [2.75, 3.05) is 11.4 Å². The van der Waals surface area contributed by atoms with Gasteiger partial charge in [-0.3, -0.25) is 0 Å². The maximum atomic E-state index is 4.85. The number of benzene rings is 3. The second-order valence-electron chi connectivity index (χ2n) is 7.77. The van der Waals surface area contributed by atoms with Crippen molar-refractivity contribution in [1.29, 1.82) is 0 Å². The first-order chi connectivity index (χ1) is 14.7. The summed E-state index contributed by atoms with van der Waals surface area (Å²) in [5.41, 5.74) is 8.64. The molecule has 0 spiro atoms. The van der Waals surface area contributed by atoms with Gasteiger partial charge in [-0.15, -0.1) is 0 Å². The number of nitrogens with one attached hydrogen (secondary N) is 1. The first-order valence-electron chi connectivity index (χ1n) is 10.6. The van der Waals surface area contributed by atoms with Crippen LogP contribution in [0.4, 0.5) is 5.69 Å². The minimum atomic E-state index is 0.669. The highest BCUT2D eigenvalue weighted by Gasteiger charge is 2.21. The average molecular weight is 396 g/mol. The van der Waals surface area contributed by atoms with Crippen LogP contribution in [-0.2, 0) is 13.0 Å². The van der Waals surface area contributed by atoms with E-state index in [-0.39, 0.29) is 0 Å². The minimum absolute atomic E-state index is 0.669. The summed E-state index contributed by atoms with van der Waals surface area (Å²) in [6, 6.07) is 25.8. The van der Waals surface area contributed by atoms with Crippen LogP contribution in [0.5, 0.6) is 0 Å². The molecule has 0 fully saturated rings. The molecule has 1 N–H and O–H groups in total. The van der Waals surface area contributed by atoms with Gasteiger partial charge in [-0.25, -0.2) is 4.99 Å². The van der Waals surface area contributed by atoms with Gasteiger partial charge in [0.05, 0.1) is 13.1 Å². The van der Waals surface area contributed by atoms with Gasteiger partial charge < -0.3 is 10.2 Å². The Morgan fingerprint density at radius 3 is 2.17 bits per heavy atom. The van der Waals surface area contributed by atoms with E-state index in [1.165, 1.54) is 33.5 Å². The maximum Gasteiger partial charge on any atom is 0.203 e. The molecule has 0 amide bonds.